The second-order valence-electron chi connectivity index (χ2n) is 6.99. The fraction of sp³-hybridized carbons (Fsp3) is 0.348. The number of hydrogen-bond donors (Lipinski definition) is 2. The van der Waals surface area contributed by atoms with Crippen LogP contribution in [0.3, 0.4) is 0 Å². The summed E-state index contributed by atoms with van der Waals surface area (Å²) < 4.78 is 16.0. The highest BCUT2D eigenvalue weighted by molar-refractivity contribution is 6.06. The molecule has 0 bridgehead atoms. The van der Waals surface area contributed by atoms with Crippen molar-refractivity contribution in [3.63, 3.8) is 0 Å². The van der Waals surface area contributed by atoms with Crippen LogP contribution in [0.1, 0.15) is 26.3 Å². The van der Waals surface area contributed by atoms with Crippen molar-refractivity contribution in [3.05, 3.63) is 48.0 Å². The van der Waals surface area contributed by atoms with E-state index < -0.39 is 17.7 Å². The minimum Gasteiger partial charge on any atom is -0.497 e. The third-order valence-electron chi connectivity index (χ3n) is 4.49. The van der Waals surface area contributed by atoms with Gasteiger partial charge in [0.1, 0.15) is 11.7 Å². The van der Waals surface area contributed by atoms with Gasteiger partial charge >= 0.3 is 0 Å². The van der Waals surface area contributed by atoms with E-state index in [1.807, 2.05) is 6.92 Å². The first kappa shape index (κ1) is 23.7. The first-order chi connectivity index (χ1) is 14.9. The second-order valence-corrected chi connectivity index (χ2v) is 6.99. The normalized spacial score (nSPS) is 11.8. The van der Waals surface area contributed by atoms with Crippen molar-refractivity contribution < 1.29 is 23.8 Å². The van der Waals surface area contributed by atoms with E-state index in [-0.39, 0.29) is 5.92 Å². The summed E-state index contributed by atoms with van der Waals surface area (Å²) in [4.78, 5) is 25.4. The highest BCUT2D eigenvalue weighted by Crippen LogP contribution is 2.30. The lowest BCUT2D eigenvalue weighted by Crippen LogP contribution is -2.39. The van der Waals surface area contributed by atoms with E-state index >= 15 is 0 Å². The summed E-state index contributed by atoms with van der Waals surface area (Å²) >= 11 is 0. The topological polar surface area (TPSA) is 98.2 Å². The molecule has 2 aromatic carbocycles. The van der Waals surface area contributed by atoms with Gasteiger partial charge in [0.15, 0.2) is 11.5 Å². The third kappa shape index (κ3) is 6.47. The fourth-order valence-electron chi connectivity index (χ4n) is 2.95. The number of methoxy groups -OCH3 is 2. The molecule has 0 fully saturated rings. The van der Waals surface area contributed by atoms with Gasteiger partial charge < -0.3 is 19.5 Å². The lowest BCUT2D eigenvalue weighted by atomic mass is 9.94. The number of amides is 2. The van der Waals surface area contributed by atoms with Gasteiger partial charge in [-0.2, -0.15) is 5.10 Å². The van der Waals surface area contributed by atoms with Crippen LogP contribution in [0.2, 0.25) is 0 Å². The molecule has 166 valence electrons. The number of anilines is 1. The molecule has 1 unspecified atom stereocenters. The van der Waals surface area contributed by atoms with E-state index in [4.69, 9.17) is 14.2 Å². The van der Waals surface area contributed by atoms with Gasteiger partial charge in [-0.1, -0.05) is 19.9 Å². The zero-order valence-electron chi connectivity index (χ0n) is 18.5. The molecule has 0 heterocycles. The monoisotopic (exact) mass is 427 g/mol. The van der Waals surface area contributed by atoms with Gasteiger partial charge in [0.25, 0.3) is 5.91 Å². The quantitative estimate of drug-likeness (QED) is 0.344. The van der Waals surface area contributed by atoms with Gasteiger partial charge in [-0.25, -0.2) is 5.43 Å². The Kier molecular flexibility index (Phi) is 8.87. The minimum atomic E-state index is -0.920. The molecule has 0 saturated heterocycles. The van der Waals surface area contributed by atoms with E-state index in [1.165, 1.54) is 6.21 Å². The molecule has 2 amide bonds. The molecule has 1 atom stereocenters. The van der Waals surface area contributed by atoms with Gasteiger partial charge in [-0.15, -0.1) is 0 Å². The number of rotatable bonds is 10. The summed E-state index contributed by atoms with van der Waals surface area (Å²) in [6.45, 7) is 5.92. The van der Waals surface area contributed by atoms with Crippen LogP contribution in [-0.2, 0) is 9.59 Å². The first-order valence-corrected chi connectivity index (χ1v) is 9.98. The maximum absolute atomic E-state index is 12.7. The van der Waals surface area contributed by atoms with Crippen LogP contribution in [0, 0.1) is 11.8 Å². The fourth-order valence-corrected chi connectivity index (χ4v) is 2.95. The number of para-hydroxylation sites is 1. The Morgan fingerprint density at radius 2 is 1.74 bits per heavy atom. The van der Waals surface area contributed by atoms with Crippen LogP contribution in [0.4, 0.5) is 5.69 Å². The number of carbonyl (C=O) groups excluding carboxylic acids is 2. The third-order valence-corrected chi connectivity index (χ3v) is 4.49. The number of benzene rings is 2. The molecule has 2 rings (SSSR count). The molecule has 2 N–H and O–H groups in total. The van der Waals surface area contributed by atoms with Crippen LogP contribution in [0.5, 0.6) is 17.2 Å². The molecule has 0 spiro atoms. The molecular weight excluding hydrogens is 398 g/mol. The maximum atomic E-state index is 12.7. The van der Waals surface area contributed by atoms with Gasteiger partial charge in [-0.3, -0.25) is 9.59 Å². The SMILES string of the molecule is CCOc1c(C=NNC(=O)C(C(=O)Nc2ccc(OC)cc2)C(C)C)cccc1OC. The number of nitrogens with one attached hydrogen (secondary N) is 2. The largest absolute Gasteiger partial charge is 0.497 e. The summed E-state index contributed by atoms with van der Waals surface area (Å²) in [5, 5.41) is 6.78. The van der Waals surface area contributed by atoms with Crippen molar-refractivity contribution in [3.8, 4) is 17.2 Å². The Hall–Kier alpha value is -3.55. The standard InChI is InChI=1S/C23H29N3O5/c1-6-31-21-16(8-7-9-19(21)30-5)14-24-26-23(28)20(15(2)3)22(27)25-17-10-12-18(29-4)13-11-17/h7-15,20H,6H2,1-5H3,(H,25,27)(H,26,28). The van der Waals surface area contributed by atoms with E-state index in [1.54, 1.807) is 70.5 Å². The number of nitrogens with zero attached hydrogens (tertiary/aromatic N) is 1. The molecule has 8 heteroatoms. The van der Waals surface area contributed by atoms with Crippen LogP contribution >= 0.6 is 0 Å². The smallest absolute Gasteiger partial charge is 0.252 e. The molecule has 0 aliphatic rings. The van der Waals surface area contributed by atoms with Crippen LogP contribution in [0.25, 0.3) is 0 Å². The predicted octanol–water partition coefficient (Wildman–Crippen LogP) is 3.46. The average molecular weight is 428 g/mol. The molecule has 0 aliphatic heterocycles. The lowest BCUT2D eigenvalue weighted by molar-refractivity contribution is -0.134. The molecule has 0 saturated carbocycles. The highest BCUT2D eigenvalue weighted by atomic mass is 16.5. The lowest BCUT2D eigenvalue weighted by Gasteiger charge is -2.18. The Morgan fingerprint density at radius 3 is 2.32 bits per heavy atom. The van der Waals surface area contributed by atoms with E-state index in [0.29, 0.717) is 35.1 Å². The van der Waals surface area contributed by atoms with E-state index in [0.717, 1.165) is 0 Å². The molecule has 31 heavy (non-hydrogen) atoms. The van der Waals surface area contributed by atoms with Gasteiger partial charge in [0.2, 0.25) is 5.91 Å². The van der Waals surface area contributed by atoms with Gasteiger partial charge in [-0.05, 0) is 49.2 Å². The van der Waals surface area contributed by atoms with Crippen molar-refractivity contribution in [1.82, 2.24) is 5.43 Å². The van der Waals surface area contributed by atoms with Gasteiger partial charge in [0.05, 0.1) is 27.0 Å². The summed E-state index contributed by atoms with van der Waals surface area (Å²) in [5.74, 6) is -0.295. The van der Waals surface area contributed by atoms with Crippen LogP contribution in [-0.4, -0.2) is 38.9 Å². The Labute approximate surface area is 182 Å². The predicted molar refractivity (Wildman–Crippen MR) is 120 cm³/mol. The number of hydrogen-bond acceptors (Lipinski definition) is 6. The molecule has 0 aromatic heterocycles. The molecule has 8 nitrogen and oxygen atoms in total. The summed E-state index contributed by atoms with van der Waals surface area (Å²) in [6.07, 6.45) is 1.46. The van der Waals surface area contributed by atoms with E-state index in [9.17, 15) is 9.59 Å². The van der Waals surface area contributed by atoms with Gasteiger partial charge in [0, 0.05) is 11.3 Å². The average Bonchev–Trinajstić information content (AvgIpc) is 2.75. The number of hydrazone groups is 1. The van der Waals surface area contributed by atoms with E-state index in [2.05, 4.69) is 15.8 Å². The van der Waals surface area contributed by atoms with Crippen molar-refractivity contribution in [1.29, 1.82) is 0 Å². The zero-order valence-corrected chi connectivity index (χ0v) is 18.5. The van der Waals surface area contributed by atoms with Crippen LogP contribution in [0.15, 0.2) is 47.6 Å². The minimum absolute atomic E-state index is 0.232. The zero-order chi connectivity index (χ0) is 22.8. The molecular formula is C23H29N3O5. The number of ether oxygens (including phenoxy) is 3. The van der Waals surface area contributed by atoms with Crippen LogP contribution < -0.4 is 25.0 Å². The Morgan fingerprint density at radius 1 is 1.03 bits per heavy atom. The van der Waals surface area contributed by atoms with Crippen molar-refractivity contribution in [2.45, 2.75) is 20.8 Å². The molecule has 0 aliphatic carbocycles. The Bertz CT molecular complexity index is 910. The summed E-state index contributed by atoms with van der Waals surface area (Å²) in [7, 11) is 3.12. The maximum Gasteiger partial charge on any atom is 0.252 e. The summed E-state index contributed by atoms with van der Waals surface area (Å²) in [6, 6.07) is 12.2. The van der Waals surface area contributed by atoms with Crippen molar-refractivity contribution in [2.24, 2.45) is 16.9 Å². The highest BCUT2D eigenvalue weighted by Gasteiger charge is 2.30. The van der Waals surface area contributed by atoms with Crippen molar-refractivity contribution in [2.75, 3.05) is 26.1 Å². The van der Waals surface area contributed by atoms with Crippen molar-refractivity contribution >= 4 is 23.7 Å². The molecule has 2 aromatic rings. The summed E-state index contributed by atoms with van der Waals surface area (Å²) in [5.41, 5.74) is 3.68. The number of carbonyl (C=O) groups is 2. The first-order valence-electron chi connectivity index (χ1n) is 9.98. The second kappa shape index (κ2) is 11.6. The molecule has 0 radical (unpaired) electrons. The Balaban J connectivity index is 2.09.